The van der Waals surface area contributed by atoms with Gasteiger partial charge in [-0.05, 0) is 31.0 Å². The number of nitrogens with one attached hydrogen (secondary N) is 2. The summed E-state index contributed by atoms with van der Waals surface area (Å²) in [7, 11) is 0. The monoisotopic (exact) mass is 313 g/mol. The Morgan fingerprint density at radius 2 is 2.05 bits per heavy atom. The van der Waals surface area contributed by atoms with Crippen molar-refractivity contribution in [2.24, 2.45) is 11.1 Å². The van der Waals surface area contributed by atoms with Crippen LogP contribution in [0.15, 0.2) is 27.4 Å². The summed E-state index contributed by atoms with van der Waals surface area (Å²) in [5.74, 6) is -0.614. The smallest absolute Gasteiger partial charge is 0.408 e. The van der Waals surface area contributed by atoms with E-state index in [4.69, 9.17) is 10.2 Å². The Labute approximate surface area is 128 Å². The summed E-state index contributed by atoms with van der Waals surface area (Å²) in [5, 5.41) is 2.85. The number of hydrogen-bond acceptors (Lipinski definition) is 4. The van der Waals surface area contributed by atoms with Gasteiger partial charge in [-0.25, -0.2) is 4.79 Å². The average molecular weight is 314 g/mol. The van der Waals surface area contributed by atoms with Gasteiger partial charge in [0, 0.05) is 12.2 Å². The maximum atomic E-state index is 12.4. The van der Waals surface area contributed by atoms with Crippen LogP contribution in [0.2, 0.25) is 0 Å². The van der Waals surface area contributed by atoms with Gasteiger partial charge in [0.2, 0.25) is 5.91 Å². The summed E-state index contributed by atoms with van der Waals surface area (Å²) < 4.78 is 4.91. The zero-order chi connectivity index (χ0) is 14.8. The predicted molar refractivity (Wildman–Crippen MR) is 84.8 cm³/mol. The number of benzene rings is 1. The number of H-pyrrole nitrogens is 1. The van der Waals surface area contributed by atoms with Crippen LogP contribution in [0.25, 0.3) is 11.1 Å². The van der Waals surface area contributed by atoms with Crippen LogP contribution in [0, 0.1) is 5.41 Å². The van der Waals surface area contributed by atoms with Crippen LogP contribution < -0.4 is 16.8 Å². The van der Waals surface area contributed by atoms with E-state index in [0.29, 0.717) is 36.2 Å². The first kappa shape index (κ1) is 17.3. The van der Waals surface area contributed by atoms with Crippen LogP contribution >= 0.6 is 12.4 Å². The van der Waals surface area contributed by atoms with Gasteiger partial charge in [-0.15, -0.1) is 12.4 Å². The molecule has 0 fully saturated rings. The van der Waals surface area contributed by atoms with Gasteiger partial charge in [-0.2, -0.15) is 0 Å². The number of carbonyl (C=O) groups is 1. The fourth-order valence-electron chi connectivity index (χ4n) is 2.25. The van der Waals surface area contributed by atoms with E-state index in [1.807, 2.05) is 13.8 Å². The number of aromatic nitrogens is 1. The van der Waals surface area contributed by atoms with Crippen molar-refractivity contribution in [2.45, 2.75) is 26.7 Å². The fourth-order valence-corrected chi connectivity index (χ4v) is 2.25. The van der Waals surface area contributed by atoms with Gasteiger partial charge in [0.05, 0.1) is 10.9 Å². The summed E-state index contributed by atoms with van der Waals surface area (Å²) in [5.41, 5.74) is 6.82. The zero-order valence-corrected chi connectivity index (χ0v) is 12.9. The molecule has 1 aromatic heterocycles. The van der Waals surface area contributed by atoms with Crippen molar-refractivity contribution in [3.8, 4) is 0 Å². The number of aromatic amines is 1. The minimum atomic E-state index is -0.557. The maximum absolute atomic E-state index is 12.4. The van der Waals surface area contributed by atoms with Crippen molar-refractivity contribution in [3.05, 3.63) is 28.7 Å². The Balaban J connectivity index is 0.00000220. The van der Waals surface area contributed by atoms with Crippen molar-refractivity contribution in [2.75, 3.05) is 11.9 Å². The molecule has 1 amide bonds. The molecule has 0 aliphatic heterocycles. The molecule has 0 aliphatic carbocycles. The first-order chi connectivity index (χ1) is 9.54. The molecule has 2 rings (SSSR count). The molecular formula is C14H20ClN3O3. The Morgan fingerprint density at radius 1 is 1.38 bits per heavy atom. The molecule has 116 valence electrons. The molecule has 4 N–H and O–H groups in total. The number of anilines is 1. The molecule has 0 radical (unpaired) electrons. The quantitative estimate of drug-likeness (QED) is 0.788. The molecule has 7 heteroatoms. The van der Waals surface area contributed by atoms with Crippen molar-refractivity contribution in [3.63, 3.8) is 0 Å². The molecule has 2 aromatic rings. The first-order valence-corrected chi connectivity index (χ1v) is 6.69. The number of carbonyl (C=O) groups excluding carboxylic acids is 1. The first-order valence-electron chi connectivity index (χ1n) is 6.69. The Bertz CT molecular complexity index is 665. The second-order valence-electron chi connectivity index (χ2n) is 4.87. The molecule has 0 spiro atoms. The minimum Gasteiger partial charge on any atom is -0.408 e. The summed E-state index contributed by atoms with van der Waals surface area (Å²) in [6.07, 6.45) is 1.35. The van der Waals surface area contributed by atoms with E-state index in [2.05, 4.69) is 10.3 Å². The Morgan fingerprint density at radius 3 is 2.62 bits per heavy atom. The fraction of sp³-hybridized carbons (Fsp3) is 0.429. The van der Waals surface area contributed by atoms with E-state index in [0.717, 1.165) is 0 Å². The highest BCUT2D eigenvalue weighted by molar-refractivity contribution is 5.96. The van der Waals surface area contributed by atoms with Gasteiger partial charge in [0.1, 0.15) is 0 Å². The number of oxazole rings is 1. The molecule has 0 saturated heterocycles. The molecule has 0 unspecified atom stereocenters. The normalized spacial score (nSPS) is 11.2. The lowest BCUT2D eigenvalue weighted by atomic mass is 9.81. The van der Waals surface area contributed by atoms with Crippen molar-refractivity contribution in [1.29, 1.82) is 0 Å². The topological polar surface area (TPSA) is 101 Å². The van der Waals surface area contributed by atoms with Gasteiger partial charge in [-0.1, -0.05) is 13.8 Å². The molecule has 1 aromatic carbocycles. The number of amides is 1. The van der Waals surface area contributed by atoms with E-state index < -0.39 is 11.2 Å². The van der Waals surface area contributed by atoms with E-state index in [1.54, 1.807) is 18.2 Å². The van der Waals surface area contributed by atoms with E-state index in [1.165, 1.54) is 0 Å². The molecule has 21 heavy (non-hydrogen) atoms. The molecular weight excluding hydrogens is 294 g/mol. The molecule has 6 nitrogen and oxygen atoms in total. The predicted octanol–water partition coefficient (Wildman–Crippen LogP) is 2.25. The molecule has 1 heterocycles. The SMILES string of the molecule is CCC(CC)(CN)C(=O)Nc1ccc2oc(=O)[nH]c2c1.Cl. The van der Waals surface area contributed by atoms with Gasteiger partial charge >= 0.3 is 5.76 Å². The lowest BCUT2D eigenvalue weighted by molar-refractivity contribution is -0.125. The number of nitrogens with two attached hydrogens (primary N) is 1. The second kappa shape index (κ2) is 6.78. The van der Waals surface area contributed by atoms with Crippen molar-refractivity contribution < 1.29 is 9.21 Å². The standard InChI is InChI=1S/C14H19N3O3.ClH/c1-3-14(4-2,8-15)12(18)16-9-5-6-11-10(7-9)17-13(19)20-11;/h5-7H,3-4,8,15H2,1-2H3,(H,16,18)(H,17,19);1H. The summed E-state index contributed by atoms with van der Waals surface area (Å²) in [6.45, 7) is 4.20. The van der Waals surface area contributed by atoms with Crippen molar-refractivity contribution in [1.82, 2.24) is 4.98 Å². The van der Waals surface area contributed by atoms with Crippen LogP contribution in [0.5, 0.6) is 0 Å². The van der Waals surface area contributed by atoms with Crippen LogP contribution in [0.3, 0.4) is 0 Å². The van der Waals surface area contributed by atoms with Crippen LogP contribution in [-0.4, -0.2) is 17.4 Å². The summed E-state index contributed by atoms with van der Waals surface area (Å²) in [4.78, 5) is 26.0. The van der Waals surface area contributed by atoms with E-state index >= 15 is 0 Å². The van der Waals surface area contributed by atoms with Gasteiger partial charge in [0.15, 0.2) is 5.58 Å². The molecule has 0 aliphatic rings. The highest BCUT2D eigenvalue weighted by Gasteiger charge is 2.33. The number of rotatable bonds is 5. The summed E-state index contributed by atoms with van der Waals surface area (Å²) >= 11 is 0. The number of fused-ring (bicyclic) bond motifs is 1. The highest BCUT2D eigenvalue weighted by atomic mass is 35.5. The average Bonchev–Trinajstić information content (AvgIpc) is 2.81. The molecule has 0 bridgehead atoms. The lowest BCUT2D eigenvalue weighted by Crippen LogP contribution is -2.41. The highest BCUT2D eigenvalue weighted by Crippen LogP contribution is 2.27. The third-order valence-electron chi connectivity index (χ3n) is 3.90. The largest absolute Gasteiger partial charge is 0.417 e. The van der Waals surface area contributed by atoms with Gasteiger partial charge in [0.25, 0.3) is 0 Å². The second-order valence-corrected chi connectivity index (χ2v) is 4.87. The molecule has 0 atom stereocenters. The summed E-state index contributed by atoms with van der Waals surface area (Å²) in [6, 6.07) is 5.01. The number of hydrogen-bond donors (Lipinski definition) is 3. The van der Waals surface area contributed by atoms with Crippen molar-refractivity contribution >= 4 is 35.1 Å². The van der Waals surface area contributed by atoms with Gasteiger partial charge in [-0.3, -0.25) is 9.78 Å². The zero-order valence-electron chi connectivity index (χ0n) is 12.1. The third-order valence-corrected chi connectivity index (χ3v) is 3.90. The van der Waals surface area contributed by atoms with E-state index in [9.17, 15) is 9.59 Å². The Kier molecular flexibility index (Phi) is 5.57. The van der Waals surface area contributed by atoms with Crippen LogP contribution in [0.4, 0.5) is 5.69 Å². The number of halogens is 1. The van der Waals surface area contributed by atoms with Gasteiger partial charge < -0.3 is 15.5 Å². The maximum Gasteiger partial charge on any atom is 0.417 e. The van der Waals surface area contributed by atoms with E-state index in [-0.39, 0.29) is 18.3 Å². The minimum absolute atomic E-state index is 0. The Hall–Kier alpha value is -1.79. The third kappa shape index (κ3) is 3.28. The van der Waals surface area contributed by atoms with Crippen LogP contribution in [0.1, 0.15) is 26.7 Å². The van der Waals surface area contributed by atoms with Crippen LogP contribution in [-0.2, 0) is 4.79 Å². The molecule has 0 saturated carbocycles. The lowest BCUT2D eigenvalue weighted by Gasteiger charge is -2.28.